The number of hydrogen-bond donors (Lipinski definition) is 0. The van der Waals surface area contributed by atoms with Crippen LogP contribution in [-0.4, -0.2) is 33.6 Å². The second-order valence-corrected chi connectivity index (χ2v) is 3.93. The van der Waals surface area contributed by atoms with Crippen LogP contribution < -0.4 is 5.11 Å². The molecule has 0 saturated carbocycles. The van der Waals surface area contributed by atoms with Crippen molar-refractivity contribution in [1.82, 2.24) is 4.90 Å². The average molecular weight is 263 g/mol. The van der Waals surface area contributed by atoms with E-state index in [0.29, 0.717) is 4.90 Å². The minimum atomic E-state index is -1.61. The third kappa shape index (κ3) is 1.73. The zero-order valence-corrected chi connectivity index (χ0v) is 9.65. The summed E-state index contributed by atoms with van der Waals surface area (Å²) in [4.78, 5) is 45.1. The first kappa shape index (κ1) is 12.7. The quantitative estimate of drug-likeness (QED) is 0.405. The third-order valence-electron chi connectivity index (χ3n) is 2.85. The van der Waals surface area contributed by atoms with Crippen LogP contribution in [0.3, 0.4) is 0 Å². The van der Waals surface area contributed by atoms with Gasteiger partial charge in [-0.1, -0.05) is 6.07 Å². The van der Waals surface area contributed by atoms with Gasteiger partial charge < -0.3 is 9.90 Å². The normalized spacial score (nSPS) is 15.3. The van der Waals surface area contributed by atoms with Crippen LogP contribution in [0.2, 0.25) is 0 Å². The topological polar surface area (TPSA) is 121 Å². The lowest BCUT2D eigenvalue weighted by Gasteiger charge is -2.22. The summed E-state index contributed by atoms with van der Waals surface area (Å²) in [5.41, 5.74) is -1.08. The van der Waals surface area contributed by atoms with E-state index in [1.165, 1.54) is 12.1 Å². The predicted molar refractivity (Wildman–Crippen MR) is 58.1 cm³/mol. The van der Waals surface area contributed by atoms with Crippen LogP contribution in [0.15, 0.2) is 18.2 Å². The summed E-state index contributed by atoms with van der Waals surface area (Å²) >= 11 is 0. The number of nitrogens with zero attached hydrogens (tertiary/aromatic N) is 2. The van der Waals surface area contributed by atoms with Gasteiger partial charge in [-0.15, -0.1) is 0 Å². The van der Waals surface area contributed by atoms with Gasteiger partial charge in [0.25, 0.3) is 17.5 Å². The van der Waals surface area contributed by atoms with Crippen molar-refractivity contribution in [2.75, 3.05) is 0 Å². The first-order valence-corrected chi connectivity index (χ1v) is 5.22. The first-order valence-electron chi connectivity index (χ1n) is 5.22. The molecule has 0 bridgehead atoms. The van der Waals surface area contributed by atoms with Crippen molar-refractivity contribution in [2.45, 2.75) is 13.0 Å². The molecule has 1 aromatic carbocycles. The molecule has 0 fully saturated rings. The van der Waals surface area contributed by atoms with E-state index in [-0.39, 0.29) is 11.1 Å². The van der Waals surface area contributed by atoms with Gasteiger partial charge in [0.15, 0.2) is 0 Å². The molecule has 1 aliphatic rings. The summed E-state index contributed by atoms with van der Waals surface area (Å²) in [6, 6.07) is 2.09. The van der Waals surface area contributed by atoms with Crippen molar-refractivity contribution in [1.29, 1.82) is 0 Å². The number of carboxylic acids is 1. The molecular weight excluding hydrogens is 256 g/mol. The summed E-state index contributed by atoms with van der Waals surface area (Å²) in [6.45, 7) is 1.10. The van der Waals surface area contributed by atoms with Gasteiger partial charge in [0.1, 0.15) is 5.56 Å². The van der Waals surface area contributed by atoms with E-state index in [4.69, 9.17) is 0 Å². The first-order chi connectivity index (χ1) is 8.86. The van der Waals surface area contributed by atoms with Gasteiger partial charge in [0.05, 0.1) is 22.5 Å². The second kappa shape index (κ2) is 4.16. The van der Waals surface area contributed by atoms with E-state index in [9.17, 15) is 29.6 Å². The number of carboxylic acid groups (broad SMARTS) is 1. The molecule has 0 radical (unpaired) electrons. The Morgan fingerprint density at radius 1 is 1.32 bits per heavy atom. The van der Waals surface area contributed by atoms with Gasteiger partial charge in [-0.05, 0) is 13.0 Å². The van der Waals surface area contributed by atoms with Crippen LogP contribution in [0.5, 0.6) is 0 Å². The van der Waals surface area contributed by atoms with E-state index in [0.717, 1.165) is 13.0 Å². The molecule has 0 spiro atoms. The number of carbonyl (C=O) groups excluding carboxylic acids is 3. The lowest BCUT2D eigenvalue weighted by Crippen LogP contribution is -2.48. The van der Waals surface area contributed by atoms with Crippen molar-refractivity contribution < 1.29 is 24.4 Å². The Hall–Kier alpha value is -2.77. The van der Waals surface area contributed by atoms with Crippen molar-refractivity contribution in [3.05, 3.63) is 39.4 Å². The number of benzene rings is 1. The Morgan fingerprint density at radius 3 is 2.47 bits per heavy atom. The summed E-state index contributed by atoms with van der Waals surface area (Å²) in [5.74, 6) is -3.48. The minimum absolute atomic E-state index is 0.174. The molecule has 8 heteroatoms. The van der Waals surface area contributed by atoms with Crippen molar-refractivity contribution in [3.63, 3.8) is 0 Å². The lowest BCUT2D eigenvalue weighted by molar-refractivity contribution is -0.385. The minimum Gasteiger partial charge on any atom is -0.548 e. The highest BCUT2D eigenvalue weighted by atomic mass is 16.6. The summed E-state index contributed by atoms with van der Waals surface area (Å²) in [6.07, 6.45) is 0. The molecule has 2 amide bonds. The maximum absolute atomic E-state index is 12.0. The Bertz CT molecular complexity index is 624. The molecular formula is C11H7N2O6-. The summed E-state index contributed by atoms with van der Waals surface area (Å²) in [7, 11) is 0. The van der Waals surface area contributed by atoms with Crippen LogP contribution in [0, 0.1) is 10.1 Å². The van der Waals surface area contributed by atoms with Crippen molar-refractivity contribution in [3.8, 4) is 0 Å². The fourth-order valence-corrected chi connectivity index (χ4v) is 1.89. The van der Waals surface area contributed by atoms with E-state index in [1.807, 2.05) is 0 Å². The van der Waals surface area contributed by atoms with Gasteiger partial charge in [0.2, 0.25) is 0 Å². The standard InChI is InChI=1S/C11H8N2O6/c1-5(11(16)17)12-9(14)6-3-2-4-7(13(18)19)8(6)10(12)15/h2-5H,1H3,(H,16,17)/p-1/t5-/m0/s1. The molecule has 0 saturated heterocycles. The lowest BCUT2D eigenvalue weighted by atomic mass is 10.1. The van der Waals surface area contributed by atoms with E-state index >= 15 is 0 Å². The van der Waals surface area contributed by atoms with Gasteiger partial charge in [0, 0.05) is 6.07 Å². The largest absolute Gasteiger partial charge is 0.548 e. The Kier molecular flexibility index (Phi) is 2.78. The number of nitro groups is 1. The molecule has 1 aliphatic heterocycles. The highest BCUT2D eigenvalue weighted by molar-refractivity contribution is 6.24. The number of carbonyl (C=O) groups is 3. The number of fused-ring (bicyclic) bond motifs is 1. The SMILES string of the molecule is C[C@@H](C(=O)[O-])N1C(=O)c2cccc([N+](=O)[O-])c2C1=O. The highest BCUT2D eigenvalue weighted by Gasteiger charge is 2.43. The van der Waals surface area contributed by atoms with Gasteiger partial charge in [-0.25, -0.2) is 0 Å². The van der Waals surface area contributed by atoms with Gasteiger partial charge in [-0.2, -0.15) is 0 Å². The molecule has 98 valence electrons. The zero-order chi connectivity index (χ0) is 14.3. The molecule has 2 rings (SSSR count). The second-order valence-electron chi connectivity index (χ2n) is 3.93. The number of aliphatic carboxylic acids is 1. The van der Waals surface area contributed by atoms with Crippen LogP contribution in [-0.2, 0) is 4.79 Å². The van der Waals surface area contributed by atoms with Crippen LogP contribution in [0.4, 0.5) is 5.69 Å². The number of imide groups is 1. The molecule has 0 N–H and O–H groups in total. The van der Waals surface area contributed by atoms with Gasteiger partial charge >= 0.3 is 0 Å². The van der Waals surface area contributed by atoms with Gasteiger partial charge in [-0.3, -0.25) is 24.6 Å². The maximum Gasteiger partial charge on any atom is 0.282 e. The zero-order valence-electron chi connectivity index (χ0n) is 9.65. The Labute approximate surface area is 106 Å². The predicted octanol–water partition coefficient (Wildman–Crippen LogP) is -0.671. The van der Waals surface area contributed by atoms with Crippen molar-refractivity contribution >= 4 is 23.5 Å². The van der Waals surface area contributed by atoms with Crippen LogP contribution in [0.1, 0.15) is 27.6 Å². The number of rotatable bonds is 3. The summed E-state index contributed by atoms with van der Waals surface area (Å²) < 4.78 is 0. The van der Waals surface area contributed by atoms with E-state index in [1.54, 1.807) is 0 Å². The molecule has 19 heavy (non-hydrogen) atoms. The van der Waals surface area contributed by atoms with Crippen LogP contribution in [0.25, 0.3) is 0 Å². The smallest absolute Gasteiger partial charge is 0.282 e. The Morgan fingerprint density at radius 2 is 1.95 bits per heavy atom. The van der Waals surface area contributed by atoms with Crippen LogP contribution >= 0.6 is 0 Å². The molecule has 0 unspecified atom stereocenters. The molecule has 0 aromatic heterocycles. The molecule has 1 atom stereocenters. The fraction of sp³-hybridized carbons (Fsp3) is 0.182. The molecule has 1 heterocycles. The molecule has 8 nitrogen and oxygen atoms in total. The van der Waals surface area contributed by atoms with Crippen molar-refractivity contribution in [2.24, 2.45) is 0 Å². The Balaban J connectivity index is 2.59. The van der Waals surface area contributed by atoms with E-state index < -0.39 is 34.4 Å². The number of amides is 2. The summed E-state index contributed by atoms with van der Waals surface area (Å²) in [5, 5.41) is 21.6. The molecule has 0 aliphatic carbocycles. The number of nitro benzene ring substituents is 1. The average Bonchev–Trinajstić information content (AvgIpc) is 2.61. The highest BCUT2D eigenvalue weighted by Crippen LogP contribution is 2.31. The maximum atomic E-state index is 12.0. The van der Waals surface area contributed by atoms with E-state index in [2.05, 4.69) is 0 Å². The third-order valence-corrected chi connectivity index (χ3v) is 2.85. The monoisotopic (exact) mass is 263 g/mol. The fourth-order valence-electron chi connectivity index (χ4n) is 1.89. The number of hydrogen-bond acceptors (Lipinski definition) is 6. The molecule has 1 aromatic rings.